The molecule has 22 heavy (non-hydrogen) atoms. The molecule has 1 aliphatic heterocycles. The summed E-state index contributed by atoms with van der Waals surface area (Å²) in [6.07, 6.45) is 0. The first-order valence-corrected chi connectivity index (χ1v) is 7.60. The molecular weight excluding hydrogens is 280 g/mol. The molecule has 0 saturated carbocycles. The van der Waals surface area contributed by atoms with Crippen LogP contribution in [0.15, 0.2) is 28.7 Å². The van der Waals surface area contributed by atoms with E-state index in [4.69, 9.17) is 9.15 Å². The summed E-state index contributed by atoms with van der Waals surface area (Å²) in [5.41, 5.74) is 1.24. The zero-order valence-electron chi connectivity index (χ0n) is 13.3. The smallest absolute Gasteiger partial charge is 0.233 e. The quantitative estimate of drug-likeness (QED) is 0.863. The Bertz CT molecular complexity index is 603. The maximum absolute atomic E-state index is 5.54. The van der Waals surface area contributed by atoms with E-state index in [1.165, 1.54) is 5.69 Å². The number of hydrogen-bond acceptors (Lipinski definition) is 6. The van der Waals surface area contributed by atoms with Crippen molar-refractivity contribution in [1.82, 2.24) is 15.1 Å². The second-order valence-electron chi connectivity index (χ2n) is 5.56. The Hall–Kier alpha value is -2.08. The number of aryl methyl sites for hydroxylation is 1. The fourth-order valence-corrected chi connectivity index (χ4v) is 2.80. The van der Waals surface area contributed by atoms with E-state index in [1.54, 1.807) is 7.11 Å². The lowest BCUT2D eigenvalue weighted by Gasteiger charge is -2.38. The molecule has 1 aromatic heterocycles. The highest BCUT2D eigenvalue weighted by Crippen LogP contribution is 2.24. The standard InChI is InChI=1S/C16H22N4O2/c1-12(16-18-17-13(2)22-16)19-8-10-20(11-9-19)14-4-6-15(21-3)7-5-14/h4-7,12H,8-11H2,1-3H3/t12-/m1/s1. The van der Waals surface area contributed by atoms with Gasteiger partial charge in [0, 0.05) is 38.8 Å². The zero-order chi connectivity index (χ0) is 15.5. The molecule has 6 nitrogen and oxygen atoms in total. The highest BCUT2D eigenvalue weighted by Gasteiger charge is 2.25. The Balaban J connectivity index is 1.59. The van der Waals surface area contributed by atoms with Crippen molar-refractivity contribution in [3.63, 3.8) is 0 Å². The van der Waals surface area contributed by atoms with Gasteiger partial charge in [0.15, 0.2) is 0 Å². The van der Waals surface area contributed by atoms with Gasteiger partial charge < -0.3 is 14.1 Å². The second-order valence-corrected chi connectivity index (χ2v) is 5.56. The maximum Gasteiger partial charge on any atom is 0.233 e. The van der Waals surface area contributed by atoms with E-state index >= 15 is 0 Å². The molecule has 1 fully saturated rings. The number of nitrogens with zero attached hydrogens (tertiary/aromatic N) is 4. The summed E-state index contributed by atoms with van der Waals surface area (Å²) < 4.78 is 10.8. The van der Waals surface area contributed by atoms with Crippen LogP contribution < -0.4 is 9.64 Å². The van der Waals surface area contributed by atoms with Gasteiger partial charge in [0.1, 0.15) is 5.75 Å². The number of piperazine rings is 1. The summed E-state index contributed by atoms with van der Waals surface area (Å²) in [6, 6.07) is 8.40. The molecule has 1 aromatic carbocycles. The summed E-state index contributed by atoms with van der Waals surface area (Å²) in [5.74, 6) is 2.22. The van der Waals surface area contributed by atoms with E-state index in [9.17, 15) is 0 Å². The van der Waals surface area contributed by atoms with Gasteiger partial charge in [-0.25, -0.2) is 0 Å². The van der Waals surface area contributed by atoms with Crippen LogP contribution in [0.2, 0.25) is 0 Å². The molecular formula is C16H22N4O2. The highest BCUT2D eigenvalue weighted by molar-refractivity contribution is 5.49. The summed E-state index contributed by atoms with van der Waals surface area (Å²) in [4.78, 5) is 4.77. The van der Waals surface area contributed by atoms with Gasteiger partial charge in [-0.2, -0.15) is 0 Å². The maximum atomic E-state index is 5.54. The highest BCUT2D eigenvalue weighted by atomic mass is 16.5. The SMILES string of the molecule is COc1ccc(N2CCN([C@H](C)c3nnc(C)o3)CC2)cc1. The lowest BCUT2D eigenvalue weighted by molar-refractivity contribution is 0.172. The minimum atomic E-state index is 0.166. The molecule has 0 spiro atoms. The van der Waals surface area contributed by atoms with Crippen LogP contribution in [0.25, 0.3) is 0 Å². The van der Waals surface area contributed by atoms with Gasteiger partial charge in [0.25, 0.3) is 0 Å². The third-order valence-electron chi connectivity index (χ3n) is 4.20. The summed E-state index contributed by atoms with van der Waals surface area (Å²) >= 11 is 0. The van der Waals surface area contributed by atoms with Crippen LogP contribution in [0.5, 0.6) is 5.75 Å². The molecule has 6 heteroatoms. The van der Waals surface area contributed by atoms with Gasteiger partial charge >= 0.3 is 0 Å². The summed E-state index contributed by atoms with van der Waals surface area (Å²) in [6.45, 7) is 7.89. The van der Waals surface area contributed by atoms with Crippen molar-refractivity contribution in [3.05, 3.63) is 36.0 Å². The van der Waals surface area contributed by atoms with Crippen LogP contribution in [0, 0.1) is 6.92 Å². The molecule has 1 atom stereocenters. The van der Waals surface area contributed by atoms with Gasteiger partial charge in [-0.1, -0.05) is 0 Å². The molecule has 0 bridgehead atoms. The Morgan fingerprint density at radius 3 is 2.32 bits per heavy atom. The molecule has 1 saturated heterocycles. The number of anilines is 1. The van der Waals surface area contributed by atoms with Crippen LogP contribution in [0.3, 0.4) is 0 Å². The molecule has 0 aliphatic carbocycles. The van der Waals surface area contributed by atoms with Crippen molar-refractivity contribution in [2.75, 3.05) is 38.2 Å². The van der Waals surface area contributed by atoms with Crippen molar-refractivity contribution in [2.24, 2.45) is 0 Å². The van der Waals surface area contributed by atoms with Crippen LogP contribution in [0.4, 0.5) is 5.69 Å². The molecule has 118 valence electrons. The summed E-state index contributed by atoms with van der Waals surface area (Å²) in [7, 11) is 1.69. The van der Waals surface area contributed by atoms with E-state index in [0.717, 1.165) is 31.9 Å². The van der Waals surface area contributed by atoms with Crippen molar-refractivity contribution >= 4 is 5.69 Å². The Morgan fingerprint density at radius 1 is 1.09 bits per heavy atom. The molecule has 2 aromatic rings. The number of rotatable bonds is 4. The molecule has 0 amide bonds. The van der Waals surface area contributed by atoms with Crippen LogP contribution in [-0.4, -0.2) is 48.4 Å². The first kappa shape index (κ1) is 14.8. The van der Waals surface area contributed by atoms with Gasteiger partial charge in [-0.05, 0) is 31.2 Å². The predicted molar refractivity (Wildman–Crippen MR) is 84.2 cm³/mol. The molecule has 0 unspecified atom stereocenters. The average molecular weight is 302 g/mol. The van der Waals surface area contributed by atoms with Crippen LogP contribution >= 0.6 is 0 Å². The fourth-order valence-electron chi connectivity index (χ4n) is 2.80. The summed E-state index contributed by atoms with van der Waals surface area (Å²) in [5, 5.41) is 8.05. The Kier molecular flexibility index (Phi) is 4.29. The molecule has 2 heterocycles. The monoisotopic (exact) mass is 302 g/mol. The van der Waals surface area contributed by atoms with Gasteiger partial charge in [-0.15, -0.1) is 10.2 Å². The van der Waals surface area contributed by atoms with Crippen LogP contribution in [0.1, 0.15) is 24.7 Å². The first-order valence-electron chi connectivity index (χ1n) is 7.60. The third-order valence-corrected chi connectivity index (χ3v) is 4.20. The molecule has 3 rings (SSSR count). The number of benzene rings is 1. The zero-order valence-corrected chi connectivity index (χ0v) is 13.3. The first-order chi connectivity index (χ1) is 10.7. The number of ether oxygens (including phenoxy) is 1. The van der Waals surface area contributed by atoms with Gasteiger partial charge in [-0.3, -0.25) is 4.90 Å². The van der Waals surface area contributed by atoms with Crippen molar-refractivity contribution in [3.8, 4) is 5.75 Å². The predicted octanol–water partition coefficient (Wildman–Crippen LogP) is 2.27. The Labute approximate surface area is 130 Å². The van der Waals surface area contributed by atoms with E-state index in [2.05, 4.69) is 39.1 Å². The third kappa shape index (κ3) is 3.06. The fraction of sp³-hybridized carbons (Fsp3) is 0.500. The number of aromatic nitrogens is 2. The Morgan fingerprint density at radius 2 is 1.77 bits per heavy atom. The van der Waals surface area contributed by atoms with Crippen molar-refractivity contribution < 1.29 is 9.15 Å². The topological polar surface area (TPSA) is 54.6 Å². The normalized spacial score (nSPS) is 17.5. The number of hydrogen-bond donors (Lipinski definition) is 0. The van der Waals surface area contributed by atoms with Crippen molar-refractivity contribution in [2.45, 2.75) is 19.9 Å². The largest absolute Gasteiger partial charge is 0.497 e. The van der Waals surface area contributed by atoms with E-state index in [1.807, 2.05) is 19.1 Å². The van der Waals surface area contributed by atoms with Gasteiger partial charge in [0.05, 0.1) is 13.2 Å². The van der Waals surface area contributed by atoms with E-state index in [0.29, 0.717) is 11.8 Å². The van der Waals surface area contributed by atoms with Crippen LogP contribution in [-0.2, 0) is 0 Å². The lowest BCUT2D eigenvalue weighted by atomic mass is 10.2. The minimum absolute atomic E-state index is 0.166. The molecule has 0 radical (unpaired) electrons. The number of methoxy groups -OCH3 is 1. The molecule has 1 aliphatic rings. The second kappa shape index (κ2) is 6.36. The average Bonchev–Trinajstić information content (AvgIpc) is 3.01. The molecule has 0 N–H and O–H groups in total. The minimum Gasteiger partial charge on any atom is -0.497 e. The lowest BCUT2D eigenvalue weighted by Crippen LogP contribution is -2.47. The van der Waals surface area contributed by atoms with E-state index in [-0.39, 0.29) is 6.04 Å². The van der Waals surface area contributed by atoms with Crippen molar-refractivity contribution in [1.29, 1.82) is 0 Å². The van der Waals surface area contributed by atoms with Gasteiger partial charge in [0.2, 0.25) is 11.8 Å². The van der Waals surface area contributed by atoms with E-state index < -0.39 is 0 Å².